The Hall–Kier alpha value is -1.88. The number of hydrogen-bond acceptors (Lipinski definition) is 5. The van der Waals surface area contributed by atoms with Gasteiger partial charge in [-0.15, -0.1) is 0 Å². The van der Waals surface area contributed by atoms with E-state index >= 15 is 0 Å². The summed E-state index contributed by atoms with van der Waals surface area (Å²) >= 11 is 0. The molecule has 20 heavy (non-hydrogen) atoms. The maximum Gasteiger partial charge on any atom is 0.338 e. The Morgan fingerprint density at radius 1 is 1.20 bits per heavy atom. The topological polar surface area (TPSA) is 72.8 Å². The first-order valence-corrected chi connectivity index (χ1v) is 6.39. The van der Waals surface area contributed by atoms with Gasteiger partial charge in [-0.3, -0.25) is 0 Å². The molecule has 0 saturated carbocycles. The Morgan fingerprint density at radius 3 is 2.25 bits per heavy atom. The first-order chi connectivity index (χ1) is 9.19. The third-order valence-corrected chi connectivity index (χ3v) is 2.23. The second kappa shape index (κ2) is 6.52. The van der Waals surface area contributed by atoms with Crippen LogP contribution >= 0.6 is 0 Å². The summed E-state index contributed by atoms with van der Waals surface area (Å²) < 4.78 is 10.0. The summed E-state index contributed by atoms with van der Waals surface area (Å²) in [6.07, 6.45) is -0.228. The molecule has 0 saturated heterocycles. The zero-order valence-corrected chi connectivity index (χ0v) is 12.2. The van der Waals surface area contributed by atoms with Crippen molar-refractivity contribution in [1.82, 2.24) is 0 Å². The molecule has 0 radical (unpaired) electrons. The molecular formula is C15H20O5. The molecule has 1 aromatic carbocycles. The average Bonchev–Trinajstić information content (AvgIpc) is 2.34. The van der Waals surface area contributed by atoms with Crippen molar-refractivity contribution in [2.75, 3.05) is 6.61 Å². The van der Waals surface area contributed by atoms with Crippen molar-refractivity contribution in [1.29, 1.82) is 0 Å². The minimum Gasteiger partial charge on any atom is -0.459 e. The van der Waals surface area contributed by atoms with Gasteiger partial charge in [0, 0.05) is 0 Å². The zero-order valence-electron chi connectivity index (χ0n) is 12.2. The quantitative estimate of drug-likeness (QED) is 0.837. The molecule has 1 N–H and O–H groups in total. The third-order valence-electron chi connectivity index (χ3n) is 2.23. The largest absolute Gasteiger partial charge is 0.459 e. The number of carbonyl (C=O) groups is 2. The predicted molar refractivity (Wildman–Crippen MR) is 73.6 cm³/mol. The Bertz CT molecular complexity index is 485. The van der Waals surface area contributed by atoms with Crippen molar-refractivity contribution in [2.45, 2.75) is 39.4 Å². The fourth-order valence-corrected chi connectivity index (χ4v) is 1.38. The van der Waals surface area contributed by atoms with E-state index < -0.39 is 17.5 Å². The summed E-state index contributed by atoms with van der Waals surface area (Å²) in [5, 5.41) is 9.50. The molecule has 0 fully saturated rings. The Labute approximate surface area is 118 Å². The highest BCUT2D eigenvalue weighted by atomic mass is 16.5. The van der Waals surface area contributed by atoms with E-state index in [2.05, 4.69) is 0 Å². The van der Waals surface area contributed by atoms with Crippen molar-refractivity contribution in [3.8, 4) is 0 Å². The predicted octanol–water partition coefficient (Wildman–Crippen LogP) is 2.18. The molecule has 0 spiro atoms. The number of benzene rings is 1. The number of ether oxygens (including phenoxy) is 2. The second-order valence-electron chi connectivity index (χ2n) is 5.42. The van der Waals surface area contributed by atoms with Gasteiger partial charge in [0.25, 0.3) is 0 Å². The van der Waals surface area contributed by atoms with Gasteiger partial charge >= 0.3 is 11.9 Å². The van der Waals surface area contributed by atoms with Gasteiger partial charge in [0.05, 0.1) is 22.8 Å². The number of rotatable bonds is 5. The van der Waals surface area contributed by atoms with E-state index in [4.69, 9.17) is 9.47 Å². The van der Waals surface area contributed by atoms with E-state index in [1.807, 2.05) is 0 Å². The van der Waals surface area contributed by atoms with Gasteiger partial charge in [-0.2, -0.15) is 0 Å². The zero-order chi connectivity index (χ0) is 15.3. The first-order valence-electron chi connectivity index (χ1n) is 6.39. The van der Waals surface area contributed by atoms with Crippen molar-refractivity contribution >= 4 is 11.9 Å². The second-order valence-corrected chi connectivity index (χ2v) is 5.42. The molecule has 5 nitrogen and oxygen atoms in total. The molecule has 0 aromatic heterocycles. The molecule has 0 heterocycles. The number of hydrogen-bond donors (Lipinski definition) is 1. The number of esters is 2. The highest BCUT2D eigenvalue weighted by Crippen LogP contribution is 2.11. The molecule has 1 aromatic rings. The van der Waals surface area contributed by atoms with E-state index in [0.717, 1.165) is 0 Å². The Kier molecular flexibility index (Phi) is 5.27. The summed E-state index contributed by atoms with van der Waals surface area (Å²) in [6, 6.07) is 6.10. The maximum absolute atomic E-state index is 11.8. The Morgan fingerprint density at radius 2 is 1.75 bits per heavy atom. The van der Waals surface area contributed by atoms with Crippen LogP contribution < -0.4 is 0 Å². The van der Waals surface area contributed by atoms with Crippen LogP contribution in [0.5, 0.6) is 0 Å². The first kappa shape index (κ1) is 16.2. The lowest BCUT2D eigenvalue weighted by Crippen LogP contribution is -2.28. The molecule has 0 aliphatic carbocycles. The van der Waals surface area contributed by atoms with Gasteiger partial charge in [0.15, 0.2) is 0 Å². The highest BCUT2D eigenvalue weighted by Gasteiger charge is 2.18. The summed E-state index contributed by atoms with van der Waals surface area (Å²) in [4.78, 5) is 23.5. The van der Waals surface area contributed by atoms with E-state index in [-0.39, 0.29) is 23.8 Å². The van der Waals surface area contributed by atoms with Gasteiger partial charge in [-0.25, -0.2) is 9.59 Å². The molecule has 1 rings (SSSR count). The fourth-order valence-electron chi connectivity index (χ4n) is 1.38. The molecule has 0 unspecified atom stereocenters. The van der Waals surface area contributed by atoms with E-state index in [1.165, 1.54) is 19.9 Å². The molecule has 5 heteroatoms. The van der Waals surface area contributed by atoms with Crippen LogP contribution in [0.3, 0.4) is 0 Å². The maximum atomic E-state index is 11.8. The summed E-state index contributed by atoms with van der Waals surface area (Å²) in [7, 11) is 0. The molecule has 0 amide bonds. The number of aliphatic hydroxyl groups is 1. The smallest absolute Gasteiger partial charge is 0.338 e. The fraction of sp³-hybridized carbons (Fsp3) is 0.467. The van der Waals surface area contributed by atoms with E-state index in [9.17, 15) is 14.7 Å². The molecule has 0 aliphatic rings. The van der Waals surface area contributed by atoms with Crippen LogP contribution in [-0.4, -0.2) is 35.4 Å². The van der Waals surface area contributed by atoms with Gasteiger partial charge in [0.1, 0.15) is 6.61 Å². The van der Waals surface area contributed by atoms with Crippen molar-refractivity contribution < 1.29 is 24.2 Å². The van der Waals surface area contributed by atoms with Crippen molar-refractivity contribution in [3.05, 3.63) is 35.4 Å². The number of carbonyl (C=O) groups excluding carboxylic acids is 2. The van der Waals surface area contributed by atoms with Crippen LogP contribution in [-0.2, 0) is 9.47 Å². The SMILES string of the molecule is CC(C)OC(=O)c1cccc(C(=O)OCC(C)(C)O)c1. The molecule has 0 bridgehead atoms. The van der Waals surface area contributed by atoms with Crippen molar-refractivity contribution in [2.24, 2.45) is 0 Å². The summed E-state index contributed by atoms with van der Waals surface area (Å²) in [5.74, 6) is -1.08. The lowest BCUT2D eigenvalue weighted by molar-refractivity contribution is -0.0100. The highest BCUT2D eigenvalue weighted by molar-refractivity contribution is 5.95. The normalized spacial score (nSPS) is 11.3. The van der Waals surface area contributed by atoms with Crippen LogP contribution in [0.2, 0.25) is 0 Å². The van der Waals surface area contributed by atoms with Gasteiger partial charge < -0.3 is 14.6 Å². The average molecular weight is 280 g/mol. The van der Waals surface area contributed by atoms with Crippen LogP contribution in [0.15, 0.2) is 24.3 Å². The van der Waals surface area contributed by atoms with E-state index in [0.29, 0.717) is 0 Å². The van der Waals surface area contributed by atoms with Crippen molar-refractivity contribution in [3.63, 3.8) is 0 Å². The minimum atomic E-state index is -1.09. The van der Waals surface area contributed by atoms with Crippen LogP contribution in [0.25, 0.3) is 0 Å². The monoisotopic (exact) mass is 280 g/mol. The van der Waals surface area contributed by atoms with E-state index in [1.54, 1.807) is 32.0 Å². The third kappa shape index (κ3) is 5.40. The van der Waals surface area contributed by atoms with Gasteiger partial charge in [-0.1, -0.05) is 6.07 Å². The van der Waals surface area contributed by atoms with Gasteiger partial charge in [0.2, 0.25) is 0 Å². The molecule has 0 atom stereocenters. The van der Waals surface area contributed by atoms with Crippen LogP contribution in [0.4, 0.5) is 0 Å². The lowest BCUT2D eigenvalue weighted by atomic mass is 10.1. The molecule has 0 aliphatic heterocycles. The summed E-state index contributed by atoms with van der Waals surface area (Å²) in [6.45, 7) is 6.46. The Balaban J connectivity index is 2.77. The minimum absolute atomic E-state index is 0.119. The van der Waals surface area contributed by atoms with Gasteiger partial charge in [-0.05, 0) is 45.9 Å². The lowest BCUT2D eigenvalue weighted by Gasteiger charge is -2.16. The molecule has 110 valence electrons. The van der Waals surface area contributed by atoms with Crippen LogP contribution in [0, 0.1) is 0 Å². The standard InChI is InChI=1S/C15H20O5/c1-10(2)20-14(17)12-7-5-6-11(8-12)13(16)19-9-15(3,4)18/h5-8,10,18H,9H2,1-4H3. The summed E-state index contributed by atoms with van der Waals surface area (Å²) in [5.41, 5.74) is -0.562. The molecular weight excluding hydrogens is 260 g/mol. The van der Waals surface area contributed by atoms with Crippen LogP contribution in [0.1, 0.15) is 48.4 Å².